The van der Waals surface area contributed by atoms with Gasteiger partial charge < -0.3 is 4.74 Å². The van der Waals surface area contributed by atoms with Crippen molar-refractivity contribution in [1.29, 1.82) is 0 Å². The molecule has 3 aromatic carbocycles. The molecule has 0 aliphatic rings. The lowest BCUT2D eigenvalue weighted by molar-refractivity contribution is -0.138. The molecule has 0 saturated carbocycles. The third-order valence-corrected chi connectivity index (χ3v) is 6.08. The summed E-state index contributed by atoms with van der Waals surface area (Å²) in [5.74, 6) is -6.12. The van der Waals surface area contributed by atoms with Crippen LogP contribution in [0.1, 0.15) is 11.1 Å². The lowest BCUT2D eigenvalue weighted by Gasteiger charge is -2.17. The summed E-state index contributed by atoms with van der Waals surface area (Å²) in [5, 5.41) is 0. The standard InChI is InChI=1S/C20H12BrF6NO3S/c1-10-2-4-13(5-3-10)32(29,30)28-17-9-12(22)8-14(21)18(17)31-19-15(23)6-11(7-16(19)24)20(25,26)27/h2-9,28H,1H3. The number of rotatable bonds is 5. The van der Waals surface area contributed by atoms with Crippen molar-refractivity contribution < 1.29 is 39.5 Å². The SMILES string of the molecule is Cc1ccc(S(=O)(=O)Nc2cc(F)cc(Br)c2Oc2c(F)cc(C(F)(F)F)cc2F)cc1. The minimum absolute atomic E-state index is 0.0198. The van der Waals surface area contributed by atoms with Crippen LogP contribution in [0.15, 0.2) is 57.9 Å². The Balaban J connectivity index is 2.05. The Bertz CT molecular complexity index is 1250. The minimum Gasteiger partial charge on any atom is -0.448 e. The van der Waals surface area contributed by atoms with E-state index < -0.39 is 56.4 Å². The fraction of sp³-hybridized carbons (Fsp3) is 0.100. The highest BCUT2D eigenvalue weighted by atomic mass is 79.9. The normalized spacial score (nSPS) is 12.0. The van der Waals surface area contributed by atoms with Crippen LogP contribution < -0.4 is 9.46 Å². The van der Waals surface area contributed by atoms with Crippen LogP contribution in [0.2, 0.25) is 0 Å². The number of alkyl halides is 3. The number of anilines is 1. The van der Waals surface area contributed by atoms with Crippen LogP contribution in [0.4, 0.5) is 32.0 Å². The van der Waals surface area contributed by atoms with Gasteiger partial charge in [0.2, 0.25) is 0 Å². The summed E-state index contributed by atoms with van der Waals surface area (Å²) in [7, 11) is -4.28. The Morgan fingerprint density at radius 3 is 2.00 bits per heavy atom. The maximum atomic E-state index is 14.2. The van der Waals surface area contributed by atoms with Crippen molar-refractivity contribution in [2.24, 2.45) is 0 Å². The van der Waals surface area contributed by atoms with Crippen LogP contribution >= 0.6 is 15.9 Å². The van der Waals surface area contributed by atoms with Crippen molar-refractivity contribution in [1.82, 2.24) is 0 Å². The molecule has 3 aromatic rings. The molecule has 4 nitrogen and oxygen atoms in total. The second-order valence-electron chi connectivity index (χ2n) is 6.55. The van der Waals surface area contributed by atoms with Gasteiger partial charge in [0.1, 0.15) is 5.82 Å². The summed E-state index contributed by atoms with van der Waals surface area (Å²) in [6.07, 6.45) is -5.01. The molecule has 0 saturated heterocycles. The summed E-state index contributed by atoms with van der Waals surface area (Å²) in [4.78, 5) is -0.193. The molecule has 1 N–H and O–H groups in total. The van der Waals surface area contributed by atoms with Gasteiger partial charge in [-0.05, 0) is 53.2 Å². The van der Waals surface area contributed by atoms with Gasteiger partial charge in [-0.15, -0.1) is 0 Å². The smallest absolute Gasteiger partial charge is 0.416 e. The monoisotopic (exact) mass is 539 g/mol. The average molecular weight is 540 g/mol. The van der Waals surface area contributed by atoms with E-state index in [2.05, 4.69) is 20.7 Å². The van der Waals surface area contributed by atoms with Gasteiger partial charge >= 0.3 is 6.18 Å². The highest BCUT2D eigenvalue weighted by molar-refractivity contribution is 9.10. The van der Waals surface area contributed by atoms with E-state index in [0.29, 0.717) is 6.07 Å². The van der Waals surface area contributed by atoms with E-state index in [1.807, 2.05) is 0 Å². The van der Waals surface area contributed by atoms with E-state index in [0.717, 1.165) is 11.6 Å². The highest BCUT2D eigenvalue weighted by Crippen LogP contribution is 2.41. The van der Waals surface area contributed by atoms with Gasteiger partial charge in [-0.3, -0.25) is 4.72 Å². The number of sulfonamides is 1. The second-order valence-corrected chi connectivity index (χ2v) is 9.09. The Morgan fingerprint density at radius 2 is 1.47 bits per heavy atom. The summed E-state index contributed by atoms with van der Waals surface area (Å²) in [6.45, 7) is 1.73. The maximum absolute atomic E-state index is 14.2. The predicted octanol–water partition coefficient (Wildman–Crippen LogP) is 6.79. The molecule has 0 radical (unpaired) electrons. The van der Waals surface area contributed by atoms with Gasteiger partial charge in [0.15, 0.2) is 23.1 Å². The molecule has 0 unspecified atom stereocenters. The first-order valence-electron chi connectivity index (χ1n) is 8.60. The first-order valence-corrected chi connectivity index (χ1v) is 10.9. The molecular weight excluding hydrogens is 528 g/mol. The van der Waals surface area contributed by atoms with Gasteiger partial charge in [-0.25, -0.2) is 21.6 Å². The van der Waals surface area contributed by atoms with Gasteiger partial charge in [0, 0.05) is 6.07 Å². The van der Waals surface area contributed by atoms with E-state index in [9.17, 15) is 34.8 Å². The summed E-state index contributed by atoms with van der Waals surface area (Å²) >= 11 is 2.90. The van der Waals surface area contributed by atoms with Gasteiger partial charge in [-0.1, -0.05) is 17.7 Å². The maximum Gasteiger partial charge on any atom is 0.416 e. The Labute approximate surface area is 187 Å². The van der Waals surface area contributed by atoms with Crippen LogP contribution in [0, 0.1) is 24.4 Å². The Morgan fingerprint density at radius 1 is 0.906 bits per heavy atom. The first-order chi connectivity index (χ1) is 14.8. The van der Waals surface area contributed by atoms with Crippen LogP contribution in [0.25, 0.3) is 0 Å². The number of hydrogen-bond acceptors (Lipinski definition) is 3. The number of aryl methyl sites for hydroxylation is 1. The van der Waals surface area contributed by atoms with Crippen molar-refractivity contribution >= 4 is 31.6 Å². The van der Waals surface area contributed by atoms with E-state index in [1.165, 1.54) is 24.3 Å². The number of benzene rings is 3. The van der Waals surface area contributed by atoms with Crippen molar-refractivity contribution in [2.45, 2.75) is 18.0 Å². The number of nitrogens with one attached hydrogen (secondary N) is 1. The molecular formula is C20H12BrF6NO3S. The molecule has 0 aliphatic heterocycles. The van der Waals surface area contributed by atoms with Crippen molar-refractivity contribution in [2.75, 3.05) is 4.72 Å². The lowest BCUT2D eigenvalue weighted by atomic mass is 10.2. The third kappa shape index (κ3) is 5.18. The summed E-state index contributed by atoms with van der Waals surface area (Å²) in [5.41, 5.74) is -1.36. The zero-order valence-corrected chi connectivity index (χ0v) is 18.3. The summed E-state index contributed by atoms with van der Waals surface area (Å²) in [6, 6.07) is 7.13. The molecule has 0 aliphatic carbocycles. The van der Waals surface area contributed by atoms with Crippen molar-refractivity contribution in [3.05, 3.63) is 81.6 Å². The zero-order valence-electron chi connectivity index (χ0n) is 15.9. The van der Waals surface area contributed by atoms with E-state index in [4.69, 9.17) is 4.74 Å². The Hall–Kier alpha value is -2.73. The van der Waals surface area contributed by atoms with Crippen LogP contribution in [-0.2, 0) is 16.2 Å². The average Bonchev–Trinajstić information content (AvgIpc) is 2.65. The minimum atomic E-state index is -5.01. The van der Waals surface area contributed by atoms with E-state index >= 15 is 0 Å². The lowest BCUT2D eigenvalue weighted by Crippen LogP contribution is -2.14. The van der Waals surface area contributed by atoms with Crippen molar-refractivity contribution in [3.8, 4) is 11.5 Å². The Kier molecular flexibility index (Phi) is 6.47. The zero-order chi connectivity index (χ0) is 23.8. The molecule has 3 rings (SSSR count). The quantitative estimate of drug-likeness (QED) is 0.363. The van der Waals surface area contributed by atoms with Gasteiger partial charge in [0.05, 0.1) is 20.6 Å². The highest BCUT2D eigenvalue weighted by Gasteiger charge is 2.33. The molecule has 0 bridgehead atoms. The molecule has 0 fully saturated rings. The number of halogens is 7. The molecule has 0 spiro atoms. The van der Waals surface area contributed by atoms with Crippen LogP contribution in [0.5, 0.6) is 11.5 Å². The van der Waals surface area contributed by atoms with Crippen LogP contribution in [-0.4, -0.2) is 8.42 Å². The molecule has 12 heteroatoms. The van der Waals surface area contributed by atoms with E-state index in [1.54, 1.807) is 6.92 Å². The fourth-order valence-corrected chi connectivity index (χ4v) is 4.15. The molecule has 0 heterocycles. The van der Waals surface area contributed by atoms with Gasteiger partial charge in [0.25, 0.3) is 10.0 Å². The van der Waals surface area contributed by atoms with Gasteiger partial charge in [-0.2, -0.15) is 13.2 Å². The van der Waals surface area contributed by atoms with Crippen LogP contribution in [0.3, 0.4) is 0 Å². The van der Waals surface area contributed by atoms with Crippen molar-refractivity contribution in [3.63, 3.8) is 0 Å². The largest absolute Gasteiger partial charge is 0.448 e. The molecule has 32 heavy (non-hydrogen) atoms. The number of ether oxygens (including phenoxy) is 1. The first kappa shape index (κ1) is 23.9. The topological polar surface area (TPSA) is 55.4 Å². The molecule has 0 atom stereocenters. The molecule has 0 aromatic heterocycles. The fourth-order valence-electron chi connectivity index (χ4n) is 2.58. The number of hydrogen-bond donors (Lipinski definition) is 1. The summed E-state index contributed by atoms with van der Waals surface area (Å²) < 4.78 is 113. The molecule has 170 valence electrons. The predicted molar refractivity (Wildman–Crippen MR) is 108 cm³/mol. The van der Waals surface area contributed by atoms with E-state index in [-0.39, 0.29) is 21.5 Å². The molecule has 0 amide bonds. The third-order valence-electron chi connectivity index (χ3n) is 4.11. The second kappa shape index (κ2) is 8.66.